The minimum Gasteiger partial charge on any atom is -0.481 e. The molecule has 0 aliphatic rings. The first kappa shape index (κ1) is 9.82. The molecule has 10 heavy (non-hydrogen) atoms. The lowest BCUT2D eigenvalue weighted by atomic mass is 10.3. The lowest BCUT2D eigenvalue weighted by Gasteiger charge is -1.95. The molecule has 0 bridgehead atoms. The molecule has 0 heterocycles. The highest BCUT2D eigenvalue weighted by Crippen LogP contribution is 2.04. The third-order valence-electron chi connectivity index (χ3n) is 1.07. The molecule has 1 radical (unpaired) electrons. The highest BCUT2D eigenvalue weighted by atomic mass is 32.2. The van der Waals surface area contributed by atoms with E-state index in [1.807, 2.05) is 0 Å². The van der Waals surface area contributed by atoms with Gasteiger partial charge in [-0.15, -0.1) is 0 Å². The van der Waals surface area contributed by atoms with Gasteiger partial charge < -0.3 is 5.11 Å². The van der Waals surface area contributed by atoms with Gasteiger partial charge in [-0.2, -0.15) is 11.8 Å². The van der Waals surface area contributed by atoms with Crippen LogP contribution in [0.15, 0.2) is 0 Å². The molecule has 0 fully saturated rings. The van der Waals surface area contributed by atoms with E-state index in [-0.39, 0.29) is 0 Å². The smallest absolute Gasteiger partial charge is 0.303 e. The zero-order valence-corrected chi connectivity index (χ0v) is 6.82. The first-order chi connectivity index (χ1) is 4.77. The van der Waals surface area contributed by atoms with E-state index in [1.165, 1.54) is 0 Å². The summed E-state index contributed by atoms with van der Waals surface area (Å²) in [6, 6.07) is 0. The fourth-order valence-corrected chi connectivity index (χ4v) is 1.19. The minimum atomic E-state index is -0.695. The van der Waals surface area contributed by atoms with Crippen molar-refractivity contribution in [3.05, 3.63) is 6.92 Å². The van der Waals surface area contributed by atoms with Gasteiger partial charge in [-0.1, -0.05) is 0 Å². The zero-order valence-electron chi connectivity index (χ0n) is 6.01. The molecule has 0 aromatic heterocycles. The van der Waals surface area contributed by atoms with Crippen LogP contribution >= 0.6 is 11.8 Å². The van der Waals surface area contributed by atoms with Gasteiger partial charge in [-0.25, -0.2) is 0 Å². The van der Waals surface area contributed by atoms with Crippen molar-refractivity contribution in [3.63, 3.8) is 0 Å². The van der Waals surface area contributed by atoms with Gasteiger partial charge in [0.15, 0.2) is 0 Å². The van der Waals surface area contributed by atoms with E-state index < -0.39 is 5.97 Å². The highest BCUT2D eigenvalue weighted by molar-refractivity contribution is 7.99. The van der Waals surface area contributed by atoms with Crippen molar-refractivity contribution in [2.75, 3.05) is 11.5 Å². The number of carboxylic acids is 1. The van der Waals surface area contributed by atoms with Crippen molar-refractivity contribution in [1.82, 2.24) is 0 Å². The van der Waals surface area contributed by atoms with Gasteiger partial charge in [0.2, 0.25) is 0 Å². The third kappa shape index (κ3) is 7.82. The quantitative estimate of drug-likeness (QED) is 0.604. The number of carbonyl (C=O) groups is 1. The Morgan fingerprint density at radius 3 is 2.70 bits per heavy atom. The van der Waals surface area contributed by atoms with E-state index in [2.05, 4.69) is 6.92 Å². The Hall–Kier alpha value is -0.180. The van der Waals surface area contributed by atoms with E-state index in [4.69, 9.17) is 5.11 Å². The second-order valence-electron chi connectivity index (χ2n) is 1.96. The molecule has 0 aliphatic carbocycles. The SMILES string of the molecule is [CH2]CSCCCCC(=O)O. The van der Waals surface area contributed by atoms with Crippen LogP contribution in [0.3, 0.4) is 0 Å². The van der Waals surface area contributed by atoms with E-state index in [9.17, 15) is 4.79 Å². The molecule has 0 unspecified atom stereocenters. The highest BCUT2D eigenvalue weighted by Gasteiger charge is 1.94. The maximum Gasteiger partial charge on any atom is 0.303 e. The maximum absolute atomic E-state index is 10.0. The van der Waals surface area contributed by atoms with Crippen LogP contribution in [0.4, 0.5) is 0 Å². The van der Waals surface area contributed by atoms with Crippen molar-refractivity contribution in [3.8, 4) is 0 Å². The average molecular weight is 161 g/mol. The topological polar surface area (TPSA) is 37.3 Å². The Balaban J connectivity index is 2.84. The van der Waals surface area contributed by atoms with Gasteiger partial charge in [-0.3, -0.25) is 4.79 Å². The van der Waals surface area contributed by atoms with Crippen LogP contribution in [0.25, 0.3) is 0 Å². The van der Waals surface area contributed by atoms with Crippen LogP contribution in [0, 0.1) is 6.92 Å². The van der Waals surface area contributed by atoms with Crippen molar-refractivity contribution < 1.29 is 9.90 Å². The lowest BCUT2D eigenvalue weighted by molar-refractivity contribution is -0.137. The van der Waals surface area contributed by atoms with Crippen molar-refractivity contribution in [2.45, 2.75) is 19.3 Å². The third-order valence-corrected chi connectivity index (χ3v) is 1.94. The van der Waals surface area contributed by atoms with Gasteiger partial charge >= 0.3 is 5.97 Å². The van der Waals surface area contributed by atoms with E-state index in [1.54, 1.807) is 11.8 Å². The summed E-state index contributed by atoms with van der Waals surface area (Å²) in [5, 5.41) is 8.25. The van der Waals surface area contributed by atoms with E-state index >= 15 is 0 Å². The van der Waals surface area contributed by atoms with Gasteiger partial charge in [-0.05, 0) is 31.3 Å². The Bertz CT molecular complexity index is 93.6. The molecule has 0 amide bonds. The van der Waals surface area contributed by atoms with Gasteiger partial charge in [0, 0.05) is 6.42 Å². The predicted molar refractivity (Wildman–Crippen MR) is 44.2 cm³/mol. The molecule has 0 atom stereocenters. The Morgan fingerprint density at radius 1 is 1.50 bits per heavy atom. The molecule has 0 aromatic rings. The predicted octanol–water partition coefficient (Wildman–Crippen LogP) is 1.81. The number of hydrogen-bond donors (Lipinski definition) is 1. The van der Waals surface area contributed by atoms with Crippen LogP contribution in [0.5, 0.6) is 0 Å². The summed E-state index contributed by atoms with van der Waals surface area (Å²) in [5.74, 6) is 1.23. The van der Waals surface area contributed by atoms with Crippen LogP contribution in [-0.4, -0.2) is 22.6 Å². The Labute approximate surface area is 66.0 Å². The molecular weight excluding hydrogens is 148 g/mol. The van der Waals surface area contributed by atoms with E-state index in [0.717, 1.165) is 24.3 Å². The summed E-state index contributed by atoms with van der Waals surface area (Å²) >= 11 is 1.76. The normalized spacial score (nSPS) is 9.70. The monoisotopic (exact) mass is 161 g/mol. The molecule has 0 saturated heterocycles. The fourth-order valence-electron chi connectivity index (χ4n) is 0.582. The molecular formula is C7H13O2S. The number of carboxylic acid groups (broad SMARTS) is 1. The van der Waals surface area contributed by atoms with Crippen molar-refractivity contribution >= 4 is 17.7 Å². The van der Waals surface area contributed by atoms with E-state index in [0.29, 0.717) is 6.42 Å². The number of hydrogen-bond acceptors (Lipinski definition) is 2. The van der Waals surface area contributed by atoms with Crippen molar-refractivity contribution in [1.29, 1.82) is 0 Å². The molecule has 0 aromatic carbocycles. The number of thioether (sulfide) groups is 1. The number of unbranched alkanes of at least 4 members (excludes halogenated alkanes) is 1. The standard InChI is InChI=1S/C7H13O2S/c1-2-10-6-4-3-5-7(8)9/h1-6H2,(H,8,9). The fraction of sp³-hybridized carbons (Fsp3) is 0.714. The van der Waals surface area contributed by atoms with Crippen LogP contribution in [0.2, 0.25) is 0 Å². The van der Waals surface area contributed by atoms with Gasteiger partial charge in [0.25, 0.3) is 0 Å². The minimum absolute atomic E-state index is 0.303. The van der Waals surface area contributed by atoms with Crippen LogP contribution in [0.1, 0.15) is 19.3 Å². The first-order valence-corrected chi connectivity index (χ1v) is 4.51. The molecule has 59 valence electrons. The second-order valence-corrected chi connectivity index (χ2v) is 3.19. The lowest BCUT2D eigenvalue weighted by Crippen LogP contribution is -1.94. The average Bonchev–Trinajstić information content (AvgIpc) is 1.87. The molecule has 0 saturated carbocycles. The maximum atomic E-state index is 10.0. The summed E-state index contributed by atoms with van der Waals surface area (Å²) in [6.07, 6.45) is 2.09. The number of rotatable bonds is 6. The van der Waals surface area contributed by atoms with Gasteiger partial charge in [0.05, 0.1) is 0 Å². The van der Waals surface area contributed by atoms with Crippen LogP contribution < -0.4 is 0 Å². The van der Waals surface area contributed by atoms with Gasteiger partial charge in [0.1, 0.15) is 0 Å². The molecule has 1 N–H and O–H groups in total. The first-order valence-electron chi connectivity index (χ1n) is 3.36. The summed E-state index contributed by atoms with van der Waals surface area (Å²) in [6.45, 7) is 3.67. The number of aliphatic carboxylic acids is 1. The molecule has 2 nitrogen and oxygen atoms in total. The van der Waals surface area contributed by atoms with Crippen molar-refractivity contribution in [2.24, 2.45) is 0 Å². The molecule has 0 aliphatic heterocycles. The van der Waals surface area contributed by atoms with Crippen LogP contribution in [-0.2, 0) is 4.79 Å². The second kappa shape index (κ2) is 6.93. The molecule has 0 spiro atoms. The summed E-state index contributed by atoms with van der Waals surface area (Å²) < 4.78 is 0. The molecule has 3 heteroatoms. The largest absolute Gasteiger partial charge is 0.481 e. The Kier molecular flexibility index (Phi) is 6.81. The zero-order chi connectivity index (χ0) is 7.82. The molecule has 0 rings (SSSR count). The summed E-state index contributed by atoms with van der Waals surface area (Å²) in [4.78, 5) is 10.0. The summed E-state index contributed by atoms with van der Waals surface area (Å²) in [5.41, 5.74) is 0. The summed E-state index contributed by atoms with van der Waals surface area (Å²) in [7, 11) is 0. The Morgan fingerprint density at radius 2 is 2.20 bits per heavy atom.